The molecule has 1 aromatic rings. The number of carboxylic acids is 1. The number of aliphatic hydroxyl groups is 1. The molecule has 106 valence electrons. The number of carbonyl (C=O) groups is 1. The molecule has 2 N–H and O–H groups in total. The molecule has 1 aliphatic carbocycles. The Kier molecular flexibility index (Phi) is 4.47. The SMILES string of the molecule is CCc1nn([C@H]2CC[C@H](CO)CC2)c(Cl)c1C(=O)O. The van der Waals surface area contributed by atoms with E-state index in [4.69, 9.17) is 16.7 Å². The number of aromatic carboxylic acids is 1. The van der Waals surface area contributed by atoms with Crippen molar-refractivity contribution in [3.63, 3.8) is 0 Å². The van der Waals surface area contributed by atoms with E-state index in [1.165, 1.54) is 0 Å². The summed E-state index contributed by atoms with van der Waals surface area (Å²) in [5.41, 5.74) is 0.676. The highest BCUT2D eigenvalue weighted by Crippen LogP contribution is 2.35. The maximum absolute atomic E-state index is 11.2. The summed E-state index contributed by atoms with van der Waals surface area (Å²) in [5, 5.41) is 22.9. The Morgan fingerprint density at radius 1 is 1.42 bits per heavy atom. The van der Waals surface area contributed by atoms with Crippen molar-refractivity contribution in [2.45, 2.75) is 45.1 Å². The third-order valence-corrected chi connectivity index (χ3v) is 4.26. The van der Waals surface area contributed by atoms with Crippen LogP contribution in [0.4, 0.5) is 0 Å². The maximum atomic E-state index is 11.2. The molecular weight excluding hydrogens is 268 g/mol. The van der Waals surface area contributed by atoms with Crippen LogP contribution in [0.15, 0.2) is 0 Å². The molecule has 1 aliphatic rings. The predicted molar refractivity (Wildman–Crippen MR) is 71.7 cm³/mol. The number of nitrogens with zero attached hydrogens (tertiary/aromatic N) is 2. The number of aromatic nitrogens is 2. The van der Waals surface area contributed by atoms with Crippen LogP contribution in [0.5, 0.6) is 0 Å². The van der Waals surface area contributed by atoms with Gasteiger partial charge in [-0.1, -0.05) is 18.5 Å². The van der Waals surface area contributed by atoms with E-state index in [1.54, 1.807) is 4.68 Å². The number of halogens is 1. The van der Waals surface area contributed by atoms with E-state index in [1.807, 2.05) is 6.92 Å². The van der Waals surface area contributed by atoms with Crippen LogP contribution >= 0.6 is 11.6 Å². The van der Waals surface area contributed by atoms with E-state index in [-0.39, 0.29) is 23.4 Å². The third kappa shape index (κ3) is 2.77. The first kappa shape index (κ1) is 14.3. The Bertz CT molecular complexity index is 465. The molecule has 0 bridgehead atoms. The fourth-order valence-corrected chi connectivity index (χ4v) is 3.10. The van der Waals surface area contributed by atoms with Crippen LogP contribution in [-0.2, 0) is 6.42 Å². The molecule has 0 unspecified atom stereocenters. The molecule has 0 saturated heterocycles. The first-order chi connectivity index (χ1) is 9.08. The van der Waals surface area contributed by atoms with Crippen molar-refractivity contribution in [3.05, 3.63) is 16.4 Å². The fraction of sp³-hybridized carbons (Fsp3) is 0.692. The van der Waals surface area contributed by atoms with Gasteiger partial charge in [-0.25, -0.2) is 9.48 Å². The van der Waals surface area contributed by atoms with Gasteiger partial charge in [0.25, 0.3) is 0 Å². The summed E-state index contributed by atoms with van der Waals surface area (Å²) in [4.78, 5) is 11.2. The number of carboxylic acid groups (broad SMARTS) is 1. The van der Waals surface area contributed by atoms with Crippen molar-refractivity contribution in [3.8, 4) is 0 Å². The molecule has 1 heterocycles. The molecule has 5 nitrogen and oxygen atoms in total. The van der Waals surface area contributed by atoms with Crippen LogP contribution in [0, 0.1) is 5.92 Å². The molecule has 0 aliphatic heterocycles. The van der Waals surface area contributed by atoms with Gasteiger partial charge in [0.05, 0.1) is 11.7 Å². The third-order valence-electron chi connectivity index (χ3n) is 3.89. The van der Waals surface area contributed by atoms with Gasteiger partial charge in [0.2, 0.25) is 0 Å². The summed E-state index contributed by atoms with van der Waals surface area (Å²) in [6.45, 7) is 2.10. The van der Waals surface area contributed by atoms with Gasteiger partial charge >= 0.3 is 5.97 Å². The first-order valence-corrected chi connectivity index (χ1v) is 7.07. The molecule has 0 atom stereocenters. The Labute approximate surface area is 117 Å². The number of aliphatic hydroxyl groups excluding tert-OH is 1. The average molecular weight is 287 g/mol. The zero-order valence-electron chi connectivity index (χ0n) is 11.0. The minimum absolute atomic E-state index is 0.133. The minimum Gasteiger partial charge on any atom is -0.478 e. The first-order valence-electron chi connectivity index (χ1n) is 6.69. The van der Waals surface area contributed by atoms with E-state index in [0.29, 0.717) is 18.0 Å². The Hall–Kier alpha value is -1.07. The smallest absolute Gasteiger partial charge is 0.340 e. The highest BCUT2D eigenvalue weighted by Gasteiger charge is 2.28. The molecule has 2 rings (SSSR count). The lowest BCUT2D eigenvalue weighted by Crippen LogP contribution is -2.21. The van der Waals surface area contributed by atoms with Crippen molar-refractivity contribution in [1.29, 1.82) is 0 Å². The van der Waals surface area contributed by atoms with E-state index in [9.17, 15) is 9.90 Å². The van der Waals surface area contributed by atoms with Gasteiger partial charge in [-0.15, -0.1) is 0 Å². The van der Waals surface area contributed by atoms with Crippen LogP contribution in [0.3, 0.4) is 0 Å². The van der Waals surface area contributed by atoms with E-state index >= 15 is 0 Å². The van der Waals surface area contributed by atoms with E-state index in [0.717, 1.165) is 25.7 Å². The van der Waals surface area contributed by atoms with Crippen molar-refractivity contribution < 1.29 is 15.0 Å². The second kappa shape index (κ2) is 5.92. The summed E-state index contributed by atoms with van der Waals surface area (Å²) in [7, 11) is 0. The number of rotatable bonds is 4. The Morgan fingerprint density at radius 2 is 2.05 bits per heavy atom. The van der Waals surface area contributed by atoms with Gasteiger partial charge in [-0.3, -0.25) is 0 Å². The molecule has 1 fully saturated rings. The van der Waals surface area contributed by atoms with Crippen molar-refractivity contribution in [2.24, 2.45) is 5.92 Å². The highest BCUT2D eigenvalue weighted by atomic mass is 35.5. The van der Waals surface area contributed by atoms with Gasteiger partial charge in [0, 0.05) is 6.61 Å². The summed E-state index contributed by atoms with van der Waals surface area (Å²) >= 11 is 6.18. The molecule has 1 saturated carbocycles. The molecule has 1 aromatic heterocycles. The Balaban J connectivity index is 2.24. The summed E-state index contributed by atoms with van der Waals surface area (Å²) in [5.74, 6) is -0.660. The number of hydrogen-bond acceptors (Lipinski definition) is 3. The predicted octanol–water partition coefficient (Wildman–Crippen LogP) is 2.52. The van der Waals surface area contributed by atoms with Crippen LogP contribution in [0.2, 0.25) is 5.15 Å². The van der Waals surface area contributed by atoms with Crippen molar-refractivity contribution in [1.82, 2.24) is 9.78 Å². The Morgan fingerprint density at radius 3 is 2.47 bits per heavy atom. The summed E-state index contributed by atoms with van der Waals surface area (Å²) in [6.07, 6.45) is 4.19. The monoisotopic (exact) mass is 286 g/mol. The van der Waals surface area contributed by atoms with Gasteiger partial charge in [-0.05, 0) is 38.0 Å². The quantitative estimate of drug-likeness (QED) is 0.892. The maximum Gasteiger partial charge on any atom is 0.340 e. The van der Waals surface area contributed by atoms with Crippen LogP contribution in [0.1, 0.15) is 54.7 Å². The normalized spacial score (nSPS) is 23.5. The van der Waals surface area contributed by atoms with Crippen LogP contribution < -0.4 is 0 Å². The molecule has 0 radical (unpaired) electrons. The number of aryl methyl sites for hydroxylation is 1. The average Bonchev–Trinajstić information content (AvgIpc) is 2.76. The number of hydrogen-bond donors (Lipinski definition) is 2. The molecule has 19 heavy (non-hydrogen) atoms. The van der Waals surface area contributed by atoms with Crippen LogP contribution in [-0.4, -0.2) is 32.6 Å². The fourth-order valence-electron chi connectivity index (χ4n) is 2.73. The lowest BCUT2D eigenvalue weighted by Gasteiger charge is -2.27. The molecular formula is C13H19ClN2O3. The standard InChI is InChI=1S/C13H19ClN2O3/c1-2-10-11(13(18)19)12(14)16(15-10)9-5-3-8(7-17)4-6-9/h8-9,17H,2-7H2,1H3,(H,18,19)/t8-,9-. The van der Waals surface area contributed by atoms with Gasteiger partial charge < -0.3 is 10.2 Å². The van der Waals surface area contributed by atoms with Gasteiger partial charge in [0.1, 0.15) is 10.7 Å². The lowest BCUT2D eigenvalue weighted by atomic mass is 9.87. The van der Waals surface area contributed by atoms with E-state index in [2.05, 4.69) is 5.10 Å². The minimum atomic E-state index is -1.02. The van der Waals surface area contributed by atoms with Crippen molar-refractivity contribution in [2.75, 3.05) is 6.61 Å². The molecule has 0 aromatic carbocycles. The molecule has 0 spiro atoms. The molecule has 0 amide bonds. The summed E-state index contributed by atoms with van der Waals surface area (Å²) < 4.78 is 1.66. The largest absolute Gasteiger partial charge is 0.478 e. The van der Waals surface area contributed by atoms with Crippen molar-refractivity contribution >= 4 is 17.6 Å². The zero-order valence-corrected chi connectivity index (χ0v) is 11.7. The second-order valence-electron chi connectivity index (χ2n) is 5.07. The lowest BCUT2D eigenvalue weighted by molar-refractivity contribution is 0.0695. The van der Waals surface area contributed by atoms with Crippen LogP contribution in [0.25, 0.3) is 0 Å². The second-order valence-corrected chi connectivity index (χ2v) is 5.43. The van der Waals surface area contributed by atoms with Gasteiger partial charge in [0.15, 0.2) is 0 Å². The van der Waals surface area contributed by atoms with E-state index < -0.39 is 5.97 Å². The van der Waals surface area contributed by atoms with Gasteiger partial charge in [-0.2, -0.15) is 5.10 Å². The summed E-state index contributed by atoms with van der Waals surface area (Å²) in [6, 6.07) is 0.147. The highest BCUT2D eigenvalue weighted by molar-refractivity contribution is 6.32. The molecule has 6 heteroatoms. The topological polar surface area (TPSA) is 75.3 Å². The zero-order chi connectivity index (χ0) is 14.0.